The number of nitrogens with zero attached hydrogens (tertiary/aromatic N) is 3. The van der Waals surface area contributed by atoms with Crippen molar-refractivity contribution in [2.24, 2.45) is 5.92 Å². The normalized spacial score (nSPS) is 31.0. The van der Waals surface area contributed by atoms with Crippen molar-refractivity contribution in [1.82, 2.24) is 30.6 Å². The van der Waals surface area contributed by atoms with Gasteiger partial charge < -0.3 is 14.8 Å². The first-order valence-electron chi connectivity index (χ1n) is 13.8. The highest BCUT2D eigenvalue weighted by Crippen LogP contribution is 2.45. The van der Waals surface area contributed by atoms with E-state index in [0.29, 0.717) is 0 Å². The van der Waals surface area contributed by atoms with Crippen molar-refractivity contribution in [2.75, 3.05) is 52.5 Å². The molecule has 5 unspecified atom stereocenters. The molecule has 4 aliphatic rings. The van der Waals surface area contributed by atoms with Crippen LogP contribution in [-0.2, 0) is 11.2 Å². The molecule has 1 saturated carbocycles. The molecule has 1 aromatic heterocycles. The van der Waals surface area contributed by atoms with E-state index in [1.54, 1.807) is 12.1 Å². The summed E-state index contributed by atoms with van der Waals surface area (Å²) in [5.41, 5.74) is 11.0. The predicted molar refractivity (Wildman–Crippen MR) is 141 cm³/mol. The minimum absolute atomic E-state index is 0.0390. The number of aromatic amines is 1. The Bertz CT molecular complexity index is 1120. The van der Waals surface area contributed by atoms with Crippen LogP contribution < -0.4 is 10.9 Å². The van der Waals surface area contributed by atoms with Crippen molar-refractivity contribution in [3.8, 4) is 5.75 Å². The second-order valence-corrected chi connectivity index (χ2v) is 10.9. The molecule has 2 aromatic rings. The molecule has 0 bridgehead atoms. The quantitative estimate of drug-likeness (QED) is 0.456. The molecule has 2 saturated heterocycles. The van der Waals surface area contributed by atoms with Crippen LogP contribution in [-0.4, -0.2) is 89.6 Å². The number of rotatable bonds is 7. The molecule has 200 valence electrons. The number of phenols is 1. The Kier molecular flexibility index (Phi) is 7.31. The Morgan fingerprint density at radius 3 is 2.81 bits per heavy atom. The van der Waals surface area contributed by atoms with Gasteiger partial charge in [-0.15, -0.1) is 0 Å². The first kappa shape index (κ1) is 25.0. The van der Waals surface area contributed by atoms with E-state index >= 15 is 4.39 Å². The number of nitrogens with one attached hydrogen (secondary N) is 3. The highest BCUT2D eigenvalue weighted by Gasteiger charge is 2.48. The molecule has 0 spiro atoms. The smallest absolute Gasteiger partial charge is 0.125 e. The molecule has 9 heteroatoms. The lowest BCUT2D eigenvalue weighted by atomic mass is 9.71. The summed E-state index contributed by atoms with van der Waals surface area (Å²) in [4.78, 5) is 13.2. The first-order chi connectivity index (χ1) is 18.1. The molecule has 8 nitrogen and oxygen atoms in total. The number of halogens is 1. The van der Waals surface area contributed by atoms with Gasteiger partial charge in [0.1, 0.15) is 17.7 Å². The third-order valence-electron chi connectivity index (χ3n) is 8.80. The molecule has 4 heterocycles. The lowest BCUT2D eigenvalue weighted by Gasteiger charge is -2.36. The van der Waals surface area contributed by atoms with Gasteiger partial charge in [0, 0.05) is 51.1 Å². The number of hydrazine groups is 1. The van der Waals surface area contributed by atoms with Crippen molar-refractivity contribution >= 4 is 5.57 Å². The zero-order chi connectivity index (χ0) is 25.4. The molecule has 1 aromatic carbocycles. The van der Waals surface area contributed by atoms with E-state index in [0.717, 1.165) is 94.4 Å². The Balaban J connectivity index is 1.07. The standard InChI is InChI=1S/C28H39FN6O2/c1-2-18-15-20(36)3-4-21(18)22-5-6-23-26(25(22)29)32-33-27(23)28-30-16-24(31-28)19-7-8-35(17-19)10-9-34-11-13-37-14-12-34/h3-4,7,15-16,22-23,25-27,32-33,36H,2,5-6,8-14,17H2,1H3,(H,30,31). The van der Waals surface area contributed by atoms with Crippen LogP contribution in [0.2, 0.25) is 0 Å². The van der Waals surface area contributed by atoms with E-state index in [1.165, 1.54) is 5.57 Å². The maximum Gasteiger partial charge on any atom is 0.125 e. The van der Waals surface area contributed by atoms with Gasteiger partial charge in [-0.1, -0.05) is 19.1 Å². The predicted octanol–water partition coefficient (Wildman–Crippen LogP) is 2.76. The Hall–Kier alpha value is -2.30. The monoisotopic (exact) mass is 510 g/mol. The third kappa shape index (κ3) is 5.07. The van der Waals surface area contributed by atoms with Crippen LogP contribution in [0.1, 0.15) is 54.4 Å². The summed E-state index contributed by atoms with van der Waals surface area (Å²) in [6.45, 7) is 9.81. The van der Waals surface area contributed by atoms with Crippen LogP contribution in [0.4, 0.5) is 4.39 Å². The largest absolute Gasteiger partial charge is 0.508 e. The van der Waals surface area contributed by atoms with E-state index in [4.69, 9.17) is 9.72 Å². The highest BCUT2D eigenvalue weighted by atomic mass is 19.1. The number of ether oxygens (including phenoxy) is 1. The van der Waals surface area contributed by atoms with Gasteiger partial charge in [0.25, 0.3) is 0 Å². The van der Waals surface area contributed by atoms with Crippen molar-refractivity contribution in [1.29, 1.82) is 0 Å². The number of H-pyrrole nitrogens is 1. The summed E-state index contributed by atoms with van der Waals surface area (Å²) in [6, 6.07) is 5.06. The topological polar surface area (TPSA) is 88.7 Å². The van der Waals surface area contributed by atoms with Gasteiger partial charge in [-0.3, -0.25) is 15.2 Å². The van der Waals surface area contributed by atoms with Crippen molar-refractivity contribution in [3.05, 3.63) is 53.1 Å². The molecule has 0 radical (unpaired) electrons. The summed E-state index contributed by atoms with van der Waals surface area (Å²) >= 11 is 0. The fraction of sp³-hybridized carbons (Fsp3) is 0.607. The third-order valence-corrected chi connectivity index (χ3v) is 8.80. The van der Waals surface area contributed by atoms with E-state index in [-0.39, 0.29) is 29.7 Å². The average molecular weight is 511 g/mol. The summed E-state index contributed by atoms with van der Waals surface area (Å²) in [6.07, 6.45) is 5.72. The number of phenolic OH excluding ortho intramolecular Hbond substituents is 1. The second kappa shape index (κ2) is 10.8. The van der Waals surface area contributed by atoms with E-state index in [2.05, 4.69) is 38.6 Å². The van der Waals surface area contributed by atoms with Crippen LogP contribution in [0.15, 0.2) is 30.5 Å². The highest BCUT2D eigenvalue weighted by molar-refractivity contribution is 5.66. The number of alkyl halides is 1. The fourth-order valence-corrected chi connectivity index (χ4v) is 6.65. The summed E-state index contributed by atoms with van der Waals surface area (Å²) < 4.78 is 21.3. The van der Waals surface area contributed by atoms with Gasteiger partial charge >= 0.3 is 0 Å². The van der Waals surface area contributed by atoms with Gasteiger partial charge in [0.15, 0.2) is 0 Å². The molecule has 4 N–H and O–H groups in total. The number of morpholine rings is 1. The molecule has 37 heavy (non-hydrogen) atoms. The Morgan fingerprint density at radius 1 is 1.14 bits per heavy atom. The first-order valence-corrected chi connectivity index (χ1v) is 13.8. The minimum atomic E-state index is -1.00. The molecular weight excluding hydrogens is 471 g/mol. The van der Waals surface area contributed by atoms with Gasteiger partial charge in [0.2, 0.25) is 0 Å². The summed E-state index contributed by atoms with van der Waals surface area (Å²) in [5, 5.41) is 9.88. The van der Waals surface area contributed by atoms with Crippen molar-refractivity contribution in [3.63, 3.8) is 0 Å². The molecule has 3 fully saturated rings. The molecule has 6 rings (SSSR count). The van der Waals surface area contributed by atoms with E-state index < -0.39 is 6.17 Å². The molecular formula is C28H39FN6O2. The number of aromatic hydroxyl groups is 1. The fourth-order valence-electron chi connectivity index (χ4n) is 6.65. The number of fused-ring (bicyclic) bond motifs is 1. The van der Waals surface area contributed by atoms with Crippen LogP contribution >= 0.6 is 0 Å². The van der Waals surface area contributed by atoms with Gasteiger partial charge in [-0.2, -0.15) is 0 Å². The van der Waals surface area contributed by atoms with Gasteiger partial charge in [-0.05, 0) is 48.1 Å². The van der Waals surface area contributed by atoms with E-state index in [1.807, 2.05) is 12.3 Å². The average Bonchev–Trinajstić information content (AvgIpc) is 3.68. The maximum atomic E-state index is 15.9. The number of aryl methyl sites for hydroxylation is 1. The van der Waals surface area contributed by atoms with Crippen molar-refractivity contribution < 1.29 is 14.2 Å². The zero-order valence-corrected chi connectivity index (χ0v) is 21.6. The summed E-state index contributed by atoms with van der Waals surface area (Å²) in [5.74, 6) is 1.10. The van der Waals surface area contributed by atoms with Gasteiger partial charge in [0.05, 0.1) is 37.2 Å². The number of imidazole rings is 1. The Morgan fingerprint density at radius 2 is 1.97 bits per heavy atom. The second-order valence-electron chi connectivity index (χ2n) is 10.9. The Labute approximate surface area is 218 Å². The zero-order valence-electron chi connectivity index (χ0n) is 21.6. The summed E-state index contributed by atoms with van der Waals surface area (Å²) in [7, 11) is 0. The minimum Gasteiger partial charge on any atom is -0.508 e. The molecule has 0 amide bonds. The molecule has 3 aliphatic heterocycles. The number of aromatic nitrogens is 2. The van der Waals surface area contributed by atoms with Crippen molar-refractivity contribution in [2.45, 2.75) is 50.4 Å². The van der Waals surface area contributed by atoms with Crippen LogP contribution in [0.3, 0.4) is 0 Å². The lowest BCUT2D eigenvalue weighted by molar-refractivity contribution is 0.0346. The van der Waals surface area contributed by atoms with Crippen LogP contribution in [0.5, 0.6) is 5.75 Å². The van der Waals surface area contributed by atoms with Gasteiger partial charge in [-0.25, -0.2) is 14.8 Å². The molecule has 1 aliphatic carbocycles. The maximum absolute atomic E-state index is 15.9. The number of hydrogen-bond donors (Lipinski definition) is 4. The number of benzene rings is 1. The lowest BCUT2D eigenvalue weighted by Crippen LogP contribution is -2.45. The molecule has 5 atom stereocenters. The SMILES string of the molecule is CCc1cc(O)ccc1C1CCC2C(c3ncc(C4=CCN(CCN5CCOCC5)C4)[nH]3)NNC2C1F. The van der Waals surface area contributed by atoms with Crippen LogP contribution in [0.25, 0.3) is 5.57 Å². The van der Waals surface area contributed by atoms with E-state index in [9.17, 15) is 5.11 Å². The number of hydrogen-bond acceptors (Lipinski definition) is 7. The van der Waals surface area contributed by atoms with Crippen LogP contribution in [0, 0.1) is 5.92 Å².